The number of hydrogen-bond acceptors (Lipinski definition) is 5. The van der Waals surface area contributed by atoms with E-state index in [2.05, 4.69) is 48.1 Å². The summed E-state index contributed by atoms with van der Waals surface area (Å²) in [5.74, 6) is 2.11. The van der Waals surface area contributed by atoms with Crippen molar-refractivity contribution in [3.05, 3.63) is 11.7 Å². The van der Waals surface area contributed by atoms with E-state index in [1.165, 1.54) is 0 Å². The smallest absolute Gasteiger partial charge is 0.227 e. The lowest BCUT2D eigenvalue weighted by Gasteiger charge is -2.46. The predicted molar refractivity (Wildman–Crippen MR) is 75.0 cm³/mol. The number of piperazine rings is 1. The van der Waals surface area contributed by atoms with Gasteiger partial charge >= 0.3 is 0 Å². The Morgan fingerprint density at radius 2 is 2.21 bits per heavy atom. The molecule has 2 heterocycles. The van der Waals surface area contributed by atoms with Crippen LogP contribution in [0.2, 0.25) is 0 Å². The monoisotopic (exact) mass is 266 g/mol. The van der Waals surface area contributed by atoms with Gasteiger partial charge in [-0.25, -0.2) is 0 Å². The van der Waals surface area contributed by atoms with Crippen LogP contribution < -0.4 is 5.32 Å². The van der Waals surface area contributed by atoms with Gasteiger partial charge < -0.3 is 9.84 Å². The van der Waals surface area contributed by atoms with E-state index in [0.717, 1.165) is 37.8 Å². The molecule has 2 rings (SSSR count). The highest BCUT2D eigenvalue weighted by Gasteiger charge is 2.33. The van der Waals surface area contributed by atoms with Gasteiger partial charge in [-0.05, 0) is 26.7 Å². The van der Waals surface area contributed by atoms with E-state index in [1.807, 2.05) is 6.92 Å². The zero-order chi connectivity index (χ0) is 14.0. The van der Waals surface area contributed by atoms with Gasteiger partial charge in [-0.1, -0.05) is 19.0 Å². The Morgan fingerprint density at radius 1 is 1.47 bits per heavy atom. The lowest BCUT2D eigenvalue weighted by atomic mass is 9.93. The molecule has 0 bridgehead atoms. The molecule has 1 saturated heterocycles. The van der Waals surface area contributed by atoms with E-state index >= 15 is 0 Å². The van der Waals surface area contributed by atoms with Gasteiger partial charge in [0.25, 0.3) is 0 Å². The maximum atomic E-state index is 5.20. The molecule has 5 heteroatoms. The maximum absolute atomic E-state index is 5.20. The summed E-state index contributed by atoms with van der Waals surface area (Å²) < 4.78 is 5.20. The topological polar surface area (TPSA) is 54.2 Å². The summed E-state index contributed by atoms with van der Waals surface area (Å²) in [6.07, 6.45) is 0.833. The largest absolute Gasteiger partial charge is 0.339 e. The van der Waals surface area contributed by atoms with Gasteiger partial charge in [0.05, 0.1) is 0 Å². The fraction of sp³-hybridized carbons (Fsp3) is 0.857. The average Bonchev–Trinajstić information content (AvgIpc) is 2.71. The standard InChI is InChI=1S/C14H26N4O/c1-10(2)12-8-15-14(4,5)9-18(12)7-6-13-16-11(3)17-19-13/h10,12,15H,6-9H2,1-5H3. The summed E-state index contributed by atoms with van der Waals surface area (Å²) in [4.78, 5) is 6.84. The Hall–Kier alpha value is -0.940. The fourth-order valence-electron chi connectivity index (χ4n) is 2.77. The van der Waals surface area contributed by atoms with Crippen LogP contribution in [-0.2, 0) is 6.42 Å². The van der Waals surface area contributed by atoms with Gasteiger partial charge in [0, 0.05) is 37.6 Å². The molecule has 0 saturated carbocycles. The Kier molecular flexibility index (Phi) is 4.26. The molecule has 1 unspecified atom stereocenters. The minimum Gasteiger partial charge on any atom is -0.339 e. The molecule has 0 radical (unpaired) electrons. The molecule has 1 aliphatic heterocycles. The second kappa shape index (κ2) is 5.59. The van der Waals surface area contributed by atoms with Crippen molar-refractivity contribution in [1.82, 2.24) is 20.4 Å². The molecule has 108 valence electrons. The second-order valence-electron chi connectivity index (χ2n) is 6.53. The van der Waals surface area contributed by atoms with Gasteiger partial charge in [0.2, 0.25) is 5.89 Å². The first-order valence-corrected chi connectivity index (χ1v) is 7.16. The Bertz CT molecular complexity index is 413. The van der Waals surface area contributed by atoms with E-state index in [4.69, 9.17) is 4.52 Å². The number of nitrogens with one attached hydrogen (secondary N) is 1. The van der Waals surface area contributed by atoms with E-state index in [0.29, 0.717) is 12.0 Å². The number of aryl methyl sites for hydroxylation is 1. The molecule has 1 aromatic rings. The van der Waals surface area contributed by atoms with Crippen molar-refractivity contribution in [3.8, 4) is 0 Å². The zero-order valence-corrected chi connectivity index (χ0v) is 12.7. The van der Waals surface area contributed by atoms with Crippen molar-refractivity contribution in [2.24, 2.45) is 5.92 Å². The molecule has 0 spiro atoms. The molecule has 19 heavy (non-hydrogen) atoms. The van der Waals surface area contributed by atoms with E-state index in [9.17, 15) is 0 Å². The number of rotatable bonds is 4. The van der Waals surface area contributed by atoms with E-state index in [1.54, 1.807) is 0 Å². The fourth-order valence-corrected chi connectivity index (χ4v) is 2.77. The van der Waals surface area contributed by atoms with Crippen LogP contribution in [0, 0.1) is 12.8 Å². The highest BCUT2D eigenvalue weighted by Crippen LogP contribution is 2.20. The molecular weight excluding hydrogens is 240 g/mol. The first kappa shape index (κ1) is 14.5. The van der Waals surface area contributed by atoms with Crippen LogP contribution in [0.15, 0.2) is 4.52 Å². The first-order valence-electron chi connectivity index (χ1n) is 7.16. The van der Waals surface area contributed by atoms with Gasteiger partial charge in [0.15, 0.2) is 5.82 Å². The van der Waals surface area contributed by atoms with Crippen molar-refractivity contribution in [1.29, 1.82) is 0 Å². The summed E-state index contributed by atoms with van der Waals surface area (Å²) in [5.41, 5.74) is 0.177. The summed E-state index contributed by atoms with van der Waals surface area (Å²) in [6, 6.07) is 0.581. The van der Waals surface area contributed by atoms with Crippen molar-refractivity contribution >= 4 is 0 Å². The molecule has 1 fully saturated rings. The van der Waals surface area contributed by atoms with Gasteiger partial charge in [-0.2, -0.15) is 4.98 Å². The van der Waals surface area contributed by atoms with Crippen LogP contribution in [0.4, 0.5) is 0 Å². The lowest BCUT2D eigenvalue weighted by molar-refractivity contribution is 0.0686. The van der Waals surface area contributed by atoms with Crippen molar-refractivity contribution < 1.29 is 4.52 Å². The summed E-state index contributed by atoms with van der Waals surface area (Å²) in [6.45, 7) is 14.0. The van der Waals surface area contributed by atoms with Crippen molar-refractivity contribution in [3.63, 3.8) is 0 Å². The van der Waals surface area contributed by atoms with Gasteiger partial charge in [0.1, 0.15) is 0 Å². The quantitative estimate of drug-likeness (QED) is 0.897. The molecular formula is C14H26N4O. The van der Waals surface area contributed by atoms with Crippen LogP contribution in [0.25, 0.3) is 0 Å². The van der Waals surface area contributed by atoms with Crippen molar-refractivity contribution in [2.75, 3.05) is 19.6 Å². The van der Waals surface area contributed by atoms with E-state index in [-0.39, 0.29) is 5.54 Å². The third-order valence-electron chi connectivity index (χ3n) is 3.81. The second-order valence-corrected chi connectivity index (χ2v) is 6.53. The van der Waals surface area contributed by atoms with Crippen LogP contribution in [-0.4, -0.2) is 46.3 Å². The molecule has 1 atom stereocenters. The Labute approximate surface area is 115 Å². The SMILES string of the molecule is Cc1noc(CCN2CC(C)(C)NCC2C(C)C)n1. The van der Waals surface area contributed by atoms with Crippen LogP contribution in [0.3, 0.4) is 0 Å². The minimum absolute atomic E-state index is 0.177. The Morgan fingerprint density at radius 3 is 2.79 bits per heavy atom. The molecule has 1 aliphatic rings. The predicted octanol–water partition coefficient (Wildman–Crippen LogP) is 1.63. The minimum atomic E-state index is 0.177. The molecule has 0 aromatic carbocycles. The third-order valence-corrected chi connectivity index (χ3v) is 3.81. The molecule has 1 aromatic heterocycles. The maximum Gasteiger partial charge on any atom is 0.227 e. The molecule has 5 nitrogen and oxygen atoms in total. The third kappa shape index (κ3) is 3.76. The summed E-state index contributed by atoms with van der Waals surface area (Å²) in [7, 11) is 0. The van der Waals surface area contributed by atoms with Crippen LogP contribution in [0.1, 0.15) is 39.4 Å². The molecule has 0 amide bonds. The van der Waals surface area contributed by atoms with Gasteiger partial charge in [-0.15, -0.1) is 0 Å². The van der Waals surface area contributed by atoms with Crippen molar-refractivity contribution in [2.45, 2.75) is 52.6 Å². The normalized spacial score (nSPS) is 24.0. The molecule has 0 aliphatic carbocycles. The Balaban J connectivity index is 1.97. The number of aromatic nitrogens is 2. The highest BCUT2D eigenvalue weighted by atomic mass is 16.5. The van der Waals surface area contributed by atoms with E-state index < -0.39 is 0 Å². The lowest BCUT2D eigenvalue weighted by Crippen LogP contribution is -2.63. The van der Waals surface area contributed by atoms with Crippen LogP contribution in [0.5, 0.6) is 0 Å². The molecule has 1 N–H and O–H groups in total. The highest BCUT2D eigenvalue weighted by molar-refractivity contribution is 4.94. The first-order chi connectivity index (χ1) is 8.87. The number of hydrogen-bond donors (Lipinski definition) is 1. The zero-order valence-electron chi connectivity index (χ0n) is 12.7. The van der Waals surface area contributed by atoms with Crippen LogP contribution >= 0.6 is 0 Å². The average molecular weight is 266 g/mol. The van der Waals surface area contributed by atoms with Gasteiger partial charge in [-0.3, -0.25) is 4.90 Å². The summed E-state index contributed by atoms with van der Waals surface area (Å²) >= 11 is 0. The summed E-state index contributed by atoms with van der Waals surface area (Å²) in [5, 5.41) is 7.48. The number of nitrogens with zero attached hydrogens (tertiary/aromatic N) is 3.